The normalized spacial score (nSPS) is 13.4. The van der Waals surface area contributed by atoms with Gasteiger partial charge in [-0.2, -0.15) is 0 Å². The first-order chi connectivity index (χ1) is 13.2. The molecular formula is C22H24FO4P. The molecule has 0 aliphatic rings. The van der Waals surface area contributed by atoms with Crippen molar-refractivity contribution in [2.75, 3.05) is 13.3 Å². The third-order valence-electron chi connectivity index (χ3n) is 4.52. The fraction of sp³-hybridized carbons (Fsp3) is 0.273. The van der Waals surface area contributed by atoms with Gasteiger partial charge in [0, 0.05) is 23.4 Å². The smallest absolute Gasteiger partial charge is 0.227 e. The molecule has 4 nitrogen and oxygen atoms in total. The third-order valence-corrected chi connectivity index (χ3v) is 5.78. The second-order valence-corrected chi connectivity index (χ2v) is 9.20. The number of benzene rings is 3. The van der Waals surface area contributed by atoms with Crippen molar-refractivity contribution < 1.29 is 23.3 Å². The fourth-order valence-corrected chi connectivity index (χ4v) is 4.26. The Bertz CT molecular complexity index is 1070. The third kappa shape index (κ3) is 4.06. The van der Waals surface area contributed by atoms with E-state index in [9.17, 15) is 13.8 Å². The highest BCUT2D eigenvalue weighted by molar-refractivity contribution is 7.65. The topological polar surface area (TPSA) is 55.8 Å². The molecule has 3 aromatic carbocycles. The maximum atomic E-state index is 14.3. The summed E-state index contributed by atoms with van der Waals surface area (Å²) < 4.78 is 38.1. The quantitative estimate of drug-likeness (QED) is 0.537. The molecule has 0 heterocycles. The Hall–Kier alpha value is -2.36. The number of hydrogen-bond acceptors (Lipinski definition) is 3. The first kappa shape index (κ1) is 20.4. The van der Waals surface area contributed by atoms with E-state index in [1.54, 1.807) is 24.3 Å². The lowest BCUT2D eigenvalue weighted by Crippen LogP contribution is -2.08. The average Bonchev–Trinajstić information content (AvgIpc) is 2.62. The first-order valence-electron chi connectivity index (χ1n) is 9.16. The molecule has 0 bridgehead atoms. The van der Waals surface area contributed by atoms with Gasteiger partial charge in [0.1, 0.15) is 11.5 Å². The predicted octanol–water partition coefficient (Wildman–Crippen LogP) is 5.70. The average molecular weight is 402 g/mol. The fourth-order valence-electron chi connectivity index (χ4n) is 3.19. The van der Waals surface area contributed by atoms with E-state index in [1.165, 1.54) is 12.7 Å². The molecule has 0 aliphatic heterocycles. The second-order valence-electron chi connectivity index (χ2n) is 6.96. The summed E-state index contributed by atoms with van der Waals surface area (Å²) in [6, 6.07) is 11.7. The maximum Gasteiger partial charge on any atom is 0.227 e. The number of hydrogen-bond donors (Lipinski definition) is 1. The largest absolute Gasteiger partial charge is 0.491 e. The van der Waals surface area contributed by atoms with Crippen LogP contribution in [0.4, 0.5) is 4.39 Å². The SMILES string of the molecule is CCCOc1ccc(Oc2c(C)cc(P(C)(=O)O)c3cccc(C)c23)cc1F. The van der Waals surface area contributed by atoms with E-state index < -0.39 is 13.2 Å². The van der Waals surface area contributed by atoms with Crippen LogP contribution in [0.5, 0.6) is 17.2 Å². The Morgan fingerprint density at radius 3 is 2.50 bits per heavy atom. The van der Waals surface area contributed by atoms with Crippen molar-refractivity contribution >= 4 is 23.4 Å². The lowest BCUT2D eigenvalue weighted by Gasteiger charge is -2.18. The lowest BCUT2D eigenvalue weighted by molar-refractivity contribution is 0.300. The van der Waals surface area contributed by atoms with E-state index in [4.69, 9.17) is 9.47 Å². The van der Waals surface area contributed by atoms with Crippen LogP contribution in [0.3, 0.4) is 0 Å². The zero-order valence-electron chi connectivity index (χ0n) is 16.5. The van der Waals surface area contributed by atoms with Crippen LogP contribution in [-0.2, 0) is 4.57 Å². The molecule has 0 radical (unpaired) electrons. The molecule has 28 heavy (non-hydrogen) atoms. The molecule has 1 N–H and O–H groups in total. The van der Waals surface area contributed by atoms with Gasteiger partial charge in [-0.15, -0.1) is 0 Å². The summed E-state index contributed by atoms with van der Waals surface area (Å²) >= 11 is 0. The summed E-state index contributed by atoms with van der Waals surface area (Å²) in [6.45, 7) is 7.46. The molecule has 0 saturated carbocycles. The summed E-state index contributed by atoms with van der Waals surface area (Å²) in [6.07, 6.45) is 0.792. The first-order valence-corrected chi connectivity index (χ1v) is 11.3. The van der Waals surface area contributed by atoms with Gasteiger partial charge in [-0.1, -0.05) is 25.1 Å². The summed E-state index contributed by atoms with van der Waals surface area (Å²) in [5.41, 5.74) is 1.62. The number of rotatable bonds is 6. The van der Waals surface area contributed by atoms with Crippen LogP contribution in [0.2, 0.25) is 0 Å². The highest BCUT2D eigenvalue weighted by Gasteiger charge is 2.22. The minimum atomic E-state index is -3.47. The van der Waals surface area contributed by atoms with Gasteiger partial charge < -0.3 is 14.4 Å². The van der Waals surface area contributed by atoms with Crippen molar-refractivity contribution in [1.29, 1.82) is 0 Å². The summed E-state index contributed by atoms with van der Waals surface area (Å²) in [5, 5.41) is 1.81. The van der Waals surface area contributed by atoms with Crippen molar-refractivity contribution in [3.63, 3.8) is 0 Å². The van der Waals surface area contributed by atoms with E-state index in [0.29, 0.717) is 34.4 Å². The molecule has 3 rings (SSSR count). The Morgan fingerprint density at radius 1 is 1.11 bits per heavy atom. The van der Waals surface area contributed by atoms with Crippen LogP contribution in [0.1, 0.15) is 24.5 Å². The standard InChI is InChI=1S/C22H24FO4P/c1-5-11-26-19-10-9-16(13-18(19)23)27-22-15(3)12-20(28(4,24)25)17-8-6-7-14(2)21(17)22/h6-10,12-13H,5,11H2,1-4H3,(H,24,25). The minimum absolute atomic E-state index is 0.189. The summed E-state index contributed by atoms with van der Waals surface area (Å²) in [4.78, 5) is 10.2. The Kier molecular flexibility index (Phi) is 5.78. The second kappa shape index (κ2) is 7.94. The molecule has 0 amide bonds. The molecule has 1 unspecified atom stereocenters. The Labute approximate surface area is 164 Å². The van der Waals surface area contributed by atoms with Crippen molar-refractivity contribution in [2.24, 2.45) is 0 Å². The highest BCUT2D eigenvalue weighted by atomic mass is 31.2. The van der Waals surface area contributed by atoms with E-state index in [0.717, 1.165) is 17.4 Å². The molecule has 0 saturated heterocycles. The van der Waals surface area contributed by atoms with Gasteiger partial charge in [-0.25, -0.2) is 4.39 Å². The van der Waals surface area contributed by atoms with Crippen LogP contribution < -0.4 is 14.8 Å². The monoisotopic (exact) mass is 402 g/mol. The summed E-state index contributed by atoms with van der Waals surface area (Å²) in [7, 11) is -3.47. The zero-order chi connectivity index (χ0) is 20.5. The van der Waals surface area contributed by atoms with E-state index in [2.05, 4.69) is 0 Å². The predicted molar refractivity (Wildman–Crippen MR) is 111 cm³/mol. The number of halogens is 1. The van der Waals surface area contributed by atoms with Crippen LogP contribution in [0.25, 0.3) is 10.8 Å². The minimum Gasteiger partial charge on any atom is -0.491 e. The van der Waals surface area contributed by atoms with Gasteiger partial charge >= 0.3 is 0 Å². The van der Waals surface area contributed by atoms with Gasteiger partial charge in [-0.3, -0.25) is 4.57 Å². The number of fused-ring (bicyclic) bond motifs is 1. The molecule has 1 atom stereocenters. The number of ether oxygens (including phenoxy) is 2. The van der Waals surface area contributed by atoms with E-state index in [1.807, 2.05) is 32.9 Å². The molecule has 0 aliphatic carbocycles. The molecule has 0 aromatic heterocycles. The molecule has 6 heteroatoms. The van der Waals surface area contributed by atoms with E-state index in [-0.39, 0.29) is 5.75 Å². The Balaban J connectivity index is 2.11. The van der Waals surface area contributed by atoms with E-state index >= 15 is 0 Å². The Morgan fingerprint density at radius 2 is 1.86 bits per heavy atom. The van der Waals surface area contributed by atoms with Crippen molar-refractivity contribution in [3.05, 3.63) is 59.4 Å². The van der Waals surface area contributed by atoms with Gasteiger partial charge in [0.2, 0.25) is 7.37 Å². The number of aryl methyl sites for hydroxylation is 2. The maximum absolute atomic E-state index is 14.3. The van der Waals surface area contributed by atoms with Crippen LogP contribution >= 0.6 is 7.37 Å². The van der Waals surface area contributed by atoms with Gasteiger partial charge in [0.05, 0.1) is 6.61 Å². The lowest BCUT2D eigenvalue weighted by atomic mass is 10.0. The highest BCUT2D eigenvalue weighted by Crippen LogP contribution is 2.43. The summed E-state index contributed by atoms with van der Waals surface area (Å²) in [5.74, 6) is 0.585. The van der Waals surface area contributed by atoms with Crippen LogP contribution in [0, 0.1) is 19.7 Å². The molecule has 0 fully saturated rings. The molecule has 0 spiro atoms. The van der Waals surface area contributed by atoms with Crippen molar-refractivity contribution in [2.45, 2.75) is 27.2 Å². The van der Waals surface area contributed by atoms with Gasteiger partial charge in [-0.05, 0) is 55.0 Å². The van der Waals surface area contributed by atoms with Crippen LogP contribution in [-0.4, -0.2) is 18.2 Å². The molecule has 3 aromatic rings. The van der Waals surface area contributed by atoms with Gasteiger partial charge in [0.25, 0.3) is 0 Å². The van der Waals surface area contributed by atoms with Crippen LogP contribution in [0.15, 0.2) is 42.5 Å². The van der Waals surface area contributed by atoms with Crippen molar-refractivity contribution in [1.82, 2.24) is 0 Å². The van der Waals surface area contributed by atoms with Crippen molar-refractivity contribution in [3.8, 4) is 17.2 Å². The molecular weight excluding hydrogens is 378 g/mol. The molecule has 148 valence electrons. The van der Waals surface area contributed by atoms with Gasteiger partial charge in [0.15, 0.2) is 11.6 Å². The zero-order valence-corrected chi connectivity index (χ0v) is 17.3.